The van der Waals surface area contributed by atoms with Crippen molar-refractivity contribution in [2.75, 3.05) is 5.73 Å². The molecule has 0 fully saturated rings. The molecule has 0 aromatic carbocycles. The van der Waals surface area contributed by atoms with Crippen LogP contribution in [0, 0.1) is 6.92 Å². The van der Waals surface area contributed by atoms with Gasteiger partial charge in [-0.25, -0.2) is 0 Å². The SMILES string of the molecule is Cc1cnccc1CNC(=O)c1cn[nH]c1N. The molecule has 0 atom stereocenters. The first-order chi connectivity index (χ1) is 8.18. The average molecular weight is 231 g/mol. The van der Waals surface area contributed by atoms with Crippen LogP contribution in [0.5, 0.6) is 0 Å². The Morgan fingerprint density at radius 1 is 1.53 bits per heavy atom. The molecule has 0 saturated heterocycles. The van der Waals surface area contributed by atoms with Crippen molar-refractivity contribution in [1.82, 2.24) is 20.5 Å². The first-order valence-corrected chi connectivity index (χ1v) is 5.15. The highest BCUT2D eigenvalue weighted by atomic mass is 16.1. The number of carbonyl (C=O) groups is 1. The fraction of sp³-hybridized carbons (Fsp3) is 0.182. The molecule has 0 radical (unpaired) electrons. The van der Waals surface area contributed by atoms with Crippen LogP contribution >= 0.6 is 0 Å². The van der Waals surface area contributed by atoms with Crippen molar-refractivity contribution in [3.05, 3.63) is 41.3 Å². The highest BCUT2D eigenvalue weighted by Crippen LogP contribution is 2.07. The van der Waals surface area contributed by atoms with Gasteiger partial charge in [0.25, 0.3) is 5.91 Å². The third kappa shape index (κ3) is 2.41. The van der Waals surface area contributed by atoms with Crippen molar-refractivity contribution in [2.24, 2.45) is 0 Å². The van der Waals surface area contributed by atoms with Crippen molar-refractivity contribution in [2.45, 2.75) is 13.5 Å². The molecule has 88 valence electrons. The quantitative estimate of drug-likeness (QED) is 0.721. The Morgan fingerprint density at radius 3 is 3.00 bits per heavy atom. The lowest BCUT2D eigenvalue weighted by atomic mass is 10.1. The predicted molar refractivity (Wildman–Crippen MR) is 63.1 cm³/mol. The molecule has 2 aromatic rings. The van der Waals surface area contributed by atoms with Crippen LogP contribution in [0.25, 0.3) is 0 Å². The fourth-order valence-corrected chi connectivity index (χ4v) is 1.45. The van der Waals surface area contributed by atoms with Gasteiger partial charge >= 0.3 is 0 Å². The number of hydrogen-bond donors (Lipinski definition) is 3. The van der Waals surface area contributed by atoms with Gasteiger partial charge in [-0.3, -0.25) is 14.9 Å². The summed E-state index contributed by atoms with van der Waals surface area (Å²) < 4.78 is 0. The largest absolute Gasteiger partial charge is 0.383 e. The Kier molecular flexibility index (Phi) is 3.04. The molecule has 0 unspecified atom stereocenters. The number of aromatic nitrogens is 3. The summed E-state index contributed by atoms with van der Waals surface area (Å²) in [5, 5.41) is 8.99. The van der Waals surface area contributed by atoms with Crippen LogP contribution < -0.4 is 11.1 Å². The highest BCUT2D eigenvalue weighted by molar-refractivity contribution is 5.97. The van der Waals surface area contributed by atoms with Gasteiger partial charge in [-0.05, 0) is 24.1 Å². The lowest BCUT2D eigenvalue weighted by Crippen LogP contribution is -2.23. The van der Waals surface area contributed by atoms with Gasteiger partial charge in [0.1, 0.15) is 11.4 Å². The zero-order valence-electron chi connectivity index (χ0n) is 9.40. The smallest absolute Gasteiger partial charge is 0.256 e. The standard InChI is InChI=1S/C11H13N5O/c1-7-4-13-3-2-8(7)5-14-11(17)9-6-15-16-10(9)12/h2-4,6H,5H2,1H3,(H,14,17)(H3,12,15,16). The minimum Gasteiger partial charge on any atom is -0.383 e. The Bertz CT molecular complexity index is 534. The molecule has 17 heavy (non-hydrogen) atoms. The van der Waals surface area contributed by atoms with Crippen LogP contribution in [0.2, 0.25) is 0 Å². The van der Waals surface area contributed by atoms with Crippen LogP contribution in [0.1, 0.15) is 21.5 Å². The minimum absolute atomic E-state index is 0.243. The monoisotopic (exact) mass is 231 g/mol. The molecule has 6 heteroatoms. The lowest BCUT2D eigenvalue weighted by molar-refractivity contribution is 0.0952. The summed E-state index contributed by atoms with van der Waals surface area (Å²) in [6, 6.07) is 1.87. The number of rotatable bonds is 3. The number of aromatic amines is 1. The van der Waals surface area contributed by atoms with E-state index in [1.54, 1.807) is 12.4 Å². The number of nitrogens with zero attached hydrogens (tertiary/aromatic N) is 2. The third-order valence-electron chi connectivity index (χ3n) is 2.49. The maximum atomic E-state index is 11.7. The molecule has 2 aromatic heterocycles. The predicted octanol–water partition coefficient (Wildman–Crippen LogP) is 0.625. The summed E-state index contributed by atoms with van der Waals surface area (Å²) in [5.41, 5.74) is 7.97. The molecule has 1 amide bonds. The second-order valence-electron chi connectivity index (χ2n) is 3.68. The van der Waals surface area contributed by atoms with Gasteiger partial charge in [-0.15, -0.1) is 0 Å². The van der Waals surface area contributed by atoms with E-state index in [2.05, 4.69) is 20.5 Å². The van der Waals surface area contributed by atoms with Crippen LogP contribution in [-0.2, 0) is 6.54 Å². The van der Waals surface area contributed by atoms with E-state index in [4.69, 9.17) is 5.73 Å². The summed E-state index contributed by atoms with van der Waals surface area (Å²) in [5.74, 6) is 0.0291. The number of carbonyl (C=O) groups excluding carboxylic acids is 1. The van der Waals surface area contributed by atoms with E-state index in [0.717, 1.165) is 11.1 Å². The minimum atomic E-state index is -0.243. The van der Waals surface area contributed by atoms with E-state index < -0.39 is 0 Å². The van der Waals surface area contributed by atoms with Crippen LogP contribution in [0.15, 0.2) is 24.7 Å². The van der Waals surface area contributed by atoms with Gasteiger partial charge in [0.2, 0.25) is 0 Å². The number of anilines is 1. The molecule has 0 aliphatic rings. The third-order valence-corrected chi connectivity index (χ3v) is 2.49. The first-order valence-electron chi connectivity index (χ1n) is 5.15. The summed E-state index contributed by atoms with van der Waals surface area (Å²) in [7, 11) is 0. The Hall–Kier alpha value is -2.37. The normalized spacial score (nSPS) is 10.2. The number of aryl methyl sites for hydroxylation is 1. The molecule has 0 saturated carbocycles. The van der Waals surface area contributed by atoms with Gasteiger partial charge in [0, 0.05) is 18.9 Å². The molecule has 0 aliphatic heterocycles. The maximum absolute atomic E-state index is 11.7. The van der Waals surface area contributed by atoms with Crippen molar-refractivity contribution < 1.29 is 4.79 Å². The van der Waals surface area contributed by atoms with E-state index >= 15 is 0 Å². The molecule has 0 aliphatic carbocycles. The van der Waals surface area contributed by atoms with Crippen molar-refractivity contribution in [3.63, 3.8) is 0 Å². The Morgan fingerprint density at radius 2 is 2.35 bits per heavy atom. The summed E-state index contributed by atoms with van der Waals surface area (Å²) in [4.78, 5) is 15.7. The molecule has 6 nitrogen and oxygen atoms in total. The van der Waals surface area contributed by atoms with Gasteiger partial charge in [-0.1, -0.05) is 0 Å². The van der Waals surface area contributed by atoms with Crippen molar-refractivity contribution in [1.29, 1.82) is 0 Å². The number of nitrogens with two attached hydrogens (primary N) is 1. The Balaban J connectivity index is 2.02. The van der Waals surface area contributed by atoms with Gasteiger partial charge in [0.15, 0.2) is 0 Å². The van der Waals surface area contributed by atoms with Crippen molar-refractivity contribution >= 4 is 11.7 Å². The zero-order chi connectivity index (χ0) is 12.3. The zero-order valence-corrected chi connectivity index (χ0v) is 9.40. The second-order valence-corrected chi connectivity index (χ2v) is 3.68. The van der Waals surface area contributed by atoms with Crippen LogP contribution in [0.4, 0.5) is 5.82 Å². The lowest BCUT2D eigenvalue weighted by Gasteiger charge is -2.06. The second kappa shape index (κ2) is 4.65. The first kappa shape index (κ1) is 11.1. The van der Waals surface area contributed by atoms with Gasteiger partial charge in [-0.2, -0.15) is 5.10 Å². The summed E-state index contributed by atoms with van der Waals surface area (Å²) in [6.07, 6.45) is 4.86. The van der Waals surface area contributed by atoms with Gasteiger partial charge in [0.05, 0.1) is 6.20 Å². The number of amides is 1. The van der Waals surface area contributed by atoms with E-state index in [9.17, 15) is 4.79 Å². The van der Waals surface area contributed by atoms with Crippen molar-refractivity contribution in [3.8, 4) is 0 Å². The van der Waals surface area contributed by atoms with E-state index in [1.165, 1.54) is 6.20 Å². The summed E-state index contributed by atoms with van der Waals surface area (Å²) in [6.45, 7) is 2.39. The number of nitrogens with one attached hydrogen (secondary N) is 2. The summed E-state index contributed by atoms with van der Waals surface area (Å²) >= 11 is 0. The molecule has 2 rings (SSSR count). The topological polar surface area (TPSA) is 96.7 Å². The van der Waals surface area contributed by atoms with E-state index in [-0.39, 0.29) is 11.7 Å². The molecule has 2 heterocycles. The number of pyridine rings is 1. The fourth-order valence-electron chi connectivity index (χ4n) is 1.45. The van der Waals surface area contributed by atoms with E-state index in [1.807, 2.05) is 13.0 Å². The molecule has 4 N–H and O–H groups in total. The maximum Gasteiger partial charge on any atom is 0.256 e. The number of H-pyrrole nitrogens is 1. The van der Waals surface area contributed by atoms with Crippen LogP contribution in [-0.4, -0.2) is 21.1 Å². The number of nitrogen functional groups attached to an aromatic ring is 1. The highest BCUT2D eigenvalue weighted by Gasteiger charge is 2.11. The molecular weight excluding hydrogens is 218 g/mol. The Labute approximate surface area is 98.3 Å². The number of hydrogen-bond acceptors (Lipinski definition) is 4. The average Bonchev–Trinajstić information content (AvgIpc) is 2.74. The molecular formula is C11H13N5O. The molecule has 0 spiro atoms. The van der Waals surface area contributed by atoms with E-state index in [0.29, 0.717) is 12.1 Å². The van der Waals surface area contributed by atoms with Gasteiger partial charge < -0.3 is 11.1 Å². The molecule has 0 bridgehead atoms. The van der Waals surface area contributed by atoms with Crippen LogP contribution in [0.3, 0.4) is 0 Å².